The van der Waals surface area contributed by atoms with Crippen LogP contribution in [0.4, 0.5) is 5.69 Å². The molecule has 1 fully saturated rings. The summed E-state index contributed by atoms with van der Waals surface area (Å²) in [6, 6.07) is 2.93. The number of sulfonamides is 1. The molecule has 1 aliphatic rings. The Kier molecular flexibility index (Phi) is 4.59. The van der Waals surface area contributed by atoms with Crippen LogP contribution in [0.5, 0.6) is 0 Å². The zero-order chi connectivity index (χ0) is 14.9. The van der Waals surface area contributed by atoms with E-state index in [1.165, 1.54) is 12.1 Å². The van der Waals surface area contributed by atoms with Crippen LogP contribution < -0.4 is 10.5 Å². The fourth-order valence-corrected chi connectivity index (χ4v) is 4.20. The fourth-order valence-electron chi connectivity index (χ4n) is 2.49. The van der Waals surface area contributed by atoms with Gasteiger partial charge in [0.1, 0.15) is 0 Å². The molecular weight excluding hydrogens is 300 g/mol. The Morgan fingerprint density at radius 3 is 2.75 bits per heavy atom. The van der Waals surface area contributed by atoms with Crippen molar-refractivity contribution >= 4 is 27.3 Å². The van der Waals surface area contributed by atoms with Crippen LogP contribution in [0, 0.1) is 12.8 Å². The molecule has 0 spiro atoms. The molecule has 112 valence electrons. The van der Waals surface area contributed by atoms with Crippen LogP contribution in [0.3, 0.4) is 0 Å². The third kappa shape index (κ3) is 3.44. The summed E-state index contributed by atoms with van der Waals surface area (Å²) < 4.78 is 27.2. The van der Waals surface area contributed by atoms with E-state index in [0.29, 0.717) is 29.2 Å². The van der Waals surface area contributed by atoms with E-state index in [1.54, 1.807) is 6.92 Å². The number of nitrogens with one attached hydrogen (secondary N) is 1. The highest BCUT2D eigenvalue weighted by molar-refractivity contribution is 7.89. The monoisotopic (exact) mass is 318 g/mol. The number of aliphatic hydroxyl groups is 1. The second-order valence-corrected chi connectivity index (χ2v) is 7.47. The summed E-state index contributed by atoms with van der Waals surface area (Å²) in [6.45, 7) is 1.98. The molecular formula is C13H19ClN2O3S. The Balaban J connectivity index is 2.14. The summed E-state index contributed by atoms with van der Waals surface area (Å²) in [5.74, 6) is 0.177. The summed E-state index contributed by atoms with van der Waals surface area (Å²) in [5, 5.41) is 9.75. The van der Waals surface area contributed by atoms with E-state index in [0.717, 1.165) is 12.8 Å². The lowest BCUT2D eigenvalue weighted by atomic mass is 10.1. The zero-order valence-electron chi connectivity index (χ0n) is 11.3. The highest BCUT2D eigenvalue weighted by Gasteiger charge is 2.25. The summed E-state index contributed by atoms with van der Waals surface area (Å²) in [6.07, 6.45) is 1.89. The predicted molar refractivity (Wildman–Crippen MR) is 79.1 cm³/mol. The number of anilines is 1. The van der Waals surface area contributed by atoms with Gasteiger partial charge in [-0.15, -0.1) is 0 Å². The van der Waals surface area contributed by atoms with Crippen molar-refractivity contribution in [3.63, 3.8) is 0 Å². The number of nitrogens with two attached hydrogens (primary N) is 1. The van der Waals surface area contributed by atoms with Crippen molar-refractivity contribution in [2.45, 2.75) is 37.2 Å². The van der Waals surface area contributed by atoms with Crippen LogP contribution >= 0.6 is 11.6 Å². The average molecular weight is 319 g/mol. The number of hydrogen-bond acceptors (Lipinski definition) is 4. The molecule has 1 aromatic carbocycles. The highest BCUT2D eigenvalue weighted by Crippen LogP contribution is 2.27. The Morgan fingerprint density at radius 1 is 1.45 bits per heavy atom. The SMILES string of the molecule is Cc1c(N)cc(Cl)cc1S(=O)(=O)NCC1CCC(O)C1. The molecule has 7 heteroatoms. The fraction of sp³-hybridized carbons (Fsp3) is 0.538. The Bertz CT molecular complexity index is 604. The van der Waals surface area contributed by atoms with E-state index >= 15 is 0 Å². The number of aliphatic hydroxyl groups excluding tert-OH is 1. The van der Waals surface area contributed by atoms with Crippen molar-refractivity contribution in [1.29, 1.82) is 0 Å². The van der Waals surface area contributed by atoms with Gasteiger partial charge in [0.25, 0.3) is 0 Å². The van der Waals surface area contributed by atoms with E-state index in [1.807, 2.05) is 0 Å². The van der Waals surface area contributed by atoms with Crippen molar-refractivity contribution in [2.24, 2.45) is 5.92 Å². The van der Waals surface area contributed by atoms with Crippen LogP contribution in [0.15, 0.2) is 17.0 Å². The van der Waals surface area contributed by atoms with E-state index in [-0.39, 0.29) is 16.9 Å². The van der Waals surface area contributed by atoms with Crippen molar-refractivity contribution in [3.05, 3.63) is 22.7 Å². The van der Waals surface area contributed by atoms with E-state index in [4.69, 9.17) is 17.3 Å². The normalized spacial score (nSPS) is 23.1. The molecule has 1 saturated carbocycles. The minimum atomic E-state index is -3.64. The van der Waals surface area contributed by atoms with Gasteiger partial charge in [-0.2, -0.15) is 0 Å². The molecule has 2 rings (SSSR count). The molecule has 2 atom stereocenters. The van der Waals surface area contributed by atoms with Crippen LogP contribution in [0.1, 0.15) is 24.8 Å². The lowest BCUT2D eigenvalue weighted by Gasteiger charge is -2.14. The van der Waals surface area contributed by atoms with Gasteiger partial charge in [0, 0.05) is 17.3 Å². The van der Waals surface area contributed by atoms with Gasteiger partial charge < -0.3 is 10.8 Å². The molecule has 0 amide bonds. The standard InChI is InChI=1S/C13H19ClN2O3S/c1-8-12(15)5-10(14)6-13(8)20(18,19)16-7-9-2-3-11(17)4-9/h5-6,9,11,16-17H,2-4,7,15H2,1H3. The molecule has 1 aliphatic carbocycles. The van der Waals surface area contributed by atoms with Gasteiger partial charge in [-0.25, -0.2) is 13.1 Å². The first-order chi connectivity index (χ1) is 9.29. The minimum Gasteiger partial charge on any atom is -0.398 e. The molecule has 2 unspecified atom stereocenters. The van der Waals surface area contributed by atoms with Crippen molar-refractivity contribution in [1.82, 2.24) is 4.72 Å². The van der Waals surface area contributed by atoms with Crippen molar-refractivity contribution in [2.75, 3.05) is 12.3 Å². The molecule has 1 aromatic rings. The Hall–Kier alpha value is -0.820. The van der Waals surface area contributed by atoms with Crippen molar-refractivity contribution < 1.29 is 13.5 Å². The lowest BCUT2D eigenvalue weighted by molar-refractivity contribution is 0.178. The molecule has 5 nitrogen and oxygen atoms in total. The largest absolute Gasteiger partial charge is 0.398 e. The summed E-state index contributed by atoms with van der Waals surface area (Å²) in [7, 11) is -3.64. The van der Waals surface area contributed by atoms with Crippen LogP contribution in [0.25, 0.3) is 0 Å². The van der Waals surface area contributed by atoms with Gasteiger partial charge in [0.05, 0.1) is 11.0 Å². The Morgan fingerprint density at radius 2 is 2.15 bits per heavy atom. The molecule has 0 radical (unpaired) electrons. The van der Waals surface area contributed by atoms with E-state index in [9.17, 15) is 13.5 Å². The maximum Gasteiger partial charge on any atom is 0.240 e. The second-order valence-electron chi connectivity index (χ2n) is 5.30. The zero-order valence-corrected chi connectivity index (χ0v) is 12.8. The average Bonchev–Trinajstić information content (AvgIpc) is 2.77. The Labute approximate surface area is 124 Å². The molecule has 20 heavy (non-hydrogen) atoms. The minimum absolute atomic E-state index is 0.112. The van der Waals surface area contributed by atoms with Crippen LogP contribution in [-0.4, -0.2) is 26.2 Å². The van der Waals surface area contributed by atoms with Gasteiger partial charge in [-0.3, -0.25) is 0 Å². The summed E-state index contributed by atoms with van der Waals surface area (Å²) >= 11 is 5.87. The maximum absolute atomic E-state index is 12.3. The van der Waals surface area contributed by atoms with Gasteiger partial charge in [0.2, 0.25) is 10.0 Å². The van der Waals surface area contributed by atoms with Gasteiger partial charge in [-0.05, 0) is 49.8 Å². The van der Waals surface area contributed by atoms with Gasteiger partial charge in [0.15, 0.2) is 0 Å². The molecule has 0 saturated heterocycles. The van der Waals surface area contributed by atoms with Crippen LogP contribution in [-0.2, 0) is 10.0 Å². The van der Waals surface area contributed by atoms with E-state index < -0.39 is 10.0 Å². The molecule has 0 aliphatic heterocycles. The number of nitrogen functional groups attached to an aromatic ring is 1. The van der Waals surface area contributed by atoms with E-state index in [2.05, 4.69) is 4.72 Å². The quantitative estimate of drug-likeness (QED) is 0.736. The summed E-state index contributed by atoms with van der Waals surface area (Å²) in [5.41, 5.74) is 6.59. The topological polar surface area (TPSA) is 92.4 Å². The number of hydrogen-bond donors (Lipinski definition) is 3. The predicted octanol–water partition coefficient (Wildman–Crippen LogP) is 1.67. The van der Waals surface area contributed by atoms with Crippen LogP contribution in [0.2, 0.25) is 5.02 Å². The smallest absolute Gasteiger partial charge is 0.240 e. The molecule has 0 bridgehead atoms. The van der Waals surface area contributed by atoms with Gasteiger partial charge in [-0.1, -0.05) is 11.6 Å². The number of benzene rings is 1. The molecule has 0 heterocycles. The first-order valence-corrected chi connectivity index (χ1v) is 8.39. The molecule has 0 aromatic heterocycles. The number of rotatable bonds is 4. The van der Waals surface area contributed by atoms with Crippen molar-refractivity contribution in [3.8, 4) is 0 Å². The van der Waals surface area contributed by atoms with Gasteiger partial charge >= 0.3 is 0 Å². The lowest BCUT2D eigenvalue weighted by Crippen LogP contribution is -2.29. The first kappa shape index (κ1) is 15.6. The number of halogens is 1. The first-order valence-electron chi connectivity index (χ1n) is 6.53. The second kappa shape index (κ2) is 5.89. The summed E-state index contributed by atoms with van der Waals surface area (Å²) in [4.78, 5) is 0.112. The third-order valence-electron chi connectivity index (χ3n) is 3.73. The molecule has 4 N–H and O–H groups in total. The third-order valence-corrected chi connectivity index (χ3v) is 5.50. The highest BCUT2D eigenvalue weighted by atomic mass is 35.5. The maximum atomic E-state index is 12.3.